The molecule has 0 aromatic carbocycles. The summed E-state index contributed by atoms with van der Waals surface area (Å²) >= 11 is 0. The van der Waals surface area contributed by atoms with E-state index in [9.17, 15) is 9.59 Å². The highest BCUT2D eigenvalue weighted by atomic mass is 16.3. The first kappa shape index (κ1) is 16.8. The second kappa shape index (κ2) is 6.27. The molecular formula is C20H23N3O3. The number of pyridine rings is 1. The van der Waals surface area contributed by atoms with Crippen molar-refractivity contribution in [3.63, 3.8) is 0 Å². The van der Waals surface area contributed by atoms with E-state index in [-0.39, 0.29) is 23.3 Å². The molecule has 2 aliphatic rings. The summed E-state index contributed by atoms with van der Waals surface area (Å²) in [4.78, 5) is 31.3. The van der Waals surface area contributed by atoms with E-state index in [0.717, 1.165) is 30.6 Å². The SMILES string of the molecule is Cc1cc(C(=O)N2CCC3(CC2)CC(c2cccnc2)C(=O)N3)c(C)o1. The van der Waals surface area contributed by atoms with Gasteiger partial charge in [-0.2, -0.15) is 0 Å². The maximum Gasteiger partial charge on any atom is 0.257 e. The molecule has 2 saturated heterocycles. The Morgan fingerprint density at radius 2 is 2.12 bits per heavy atom. The van der Waals surface area contributed by atoms with Crippen LogP contribution in [0.1, 0.15) is 52.6 Å². The van der Waals surface area contributed by atoms with Gasteiger partial charge in [0.15, 0.2) is 0 Å². The Balaban J connectivity index is 1.44. The predicted molar refractivity (Wildman–Crippen MR) is 95.8 cm³/mol. The fourth-order valence-corrected chi connectivity index (χ4v) is 4.21. The number of hydrogen-bond acceptors (Lipinski definition) is 4. The summed E-state index contributed by atoms with van der Waals surface area (Å²) in [6, 6.07) is 5.63. The lowest BCUT2D eigenvalue weighted by atomic mass is 9.82. The highest BCUT2D eigenvalue weighted by molar-refractivity contribution is 5.95. The lowest BCUT2D eigenvalue weighted by molar-refractivity contribution is -0.121. The monoisotopic (exact) mass is 353 g/mol. The molecule has 1 spiro atoms. The quantitative estimate of drug-likeness (QED) is 0.900. The Morgan fingerprint density at radius 3 is 2.73 bits per heavy atom. The van der Waals surface area contributed by atoms with Crippen molar-refractivity contribution in [2.45, 2.75) is 44.6 Å². The molecule has 136 valence electrons. The highest BCUT2D eigenvalue weighted by Crippen LogP contribution is 2.39. The molecule has 0 saturated carbocycles. The zero-order valence-electron chi connectivity index (χ0n) is 15.1. The summed E-state index contributed by atoms with van der Waals surface area (Å²) in [5, 5.41) is 3.21. The third kappa shape index (κ3) is 2.89. The lowest BCUT2D eigenvalue weighted by Crippen LogP contribution is -2.52. The Morgan fingerprint density at radius 1 is 1.35 bits per heavy atom. The molecule has 6 heteroatoms. The van der Waals surface area contributed by atoms with E-state index in [2.05, 4.69) is 10.3 Å². The van der Waals surface area contributed by atoms with Gasteiger partial charge in [-0.25, -0.2) is 0 Å². The molecule has 2 aliphatic heterocycles. The standard InChI is InChI=1S/C20H23N3O3/c1-13-10-16(14(2)26-13)19(25)23-8-5-20(6-9-23)11-17(18(24)22-20)15-4-3-7-21-12-15/h3-4,7,10,12,17H,5-6,8-9,11H2,1-2H3,(H,22,24). The molecular weight excluding hydrogens is 330 g/mol. The fraction of sp³-hybridized carbons (Fsp3) is 0.450. The number of rotatable bonds is 2. The van der Waals surface area contributed by atoms with Crippen LogP contribution in [0.15, 0.2) is 35.0 Å². The van der Waals surface area contributed by atoms with Crippen LogP contribution in [-0.2, 0) is 4.79 Å². The number of carbonyl (C=O) groups excluding carboxylic acids is 2. The number of aromatic nitrogens is 1. The van der Waals surface area contributed by atoms with E-state index in [0.29, 0.717) is 24.4 Å². The van der Waals surface area contributed by atoms with Gasteiger partial charge in [-0.05, 0) is 50.8 Å². The Bertz CT molecular complexity index is 835. The number of aryl methyl sites for hydroxylation is 2. The molecule has 0 aliphatic carbocycles. The molecule has 26 heavy (non-hydrogen) atoms. The van der Waals surface area contributed by atoms with Crippen molar-refractivity contribution in [3.8, 4) is 0 Å². The maximum absolute atomic E-state index is 12.8. The van der Waals surface area contributed by atoms with Gasteiger partial charge >= 0.3 is 0 Å². The number of likely N-dealkylation sites (tertiary alicyclic amines) is 1. The smallest absolute Gasteiger partial charge is 0.257 e. The minimum Gasteiger partial charge on any atom is -0.466 e. The van der Waals surface area contributed by atoms with Crippen LogP contribution in [0.25, 0.3) is 0 Å². The number of nitrogens with one attached hydrogen (secondary N) is 1. The topological polar surface area (TPSA) is 75.4 Å². The summed E-state index contributed by atoms with van der Waals surface area (Å²) in [5.41, 5.74) is 1.39. The van der Waals surface area contributed by atoms with Gasteiger partial charge < -0.3 is 14.6 Å². The largest absolute Gasteiger partial charge is 0.466 e. The zero-order chi connectivity index (χ0) is 18.3. The molecule has 1 atom stereocenters. The highest BCUT2D eigenvalue weighted by Gasteiger charge is 2.46. The third-order valence-electron chi connectivity index (χ3n) is 5.67. The van der Waals surface area contributed by atoms with Crippen molar-refractivity contribution in [2.75, 3.05) is 13.1 Å². The van der Waals surface area contributed by atoms with Crippen LogP contribution in [0, 0.1) is 13.8 Å². The molecule has 0 radical (unpaired) electrons. The summed E-state index contributed by atoms with van der Waals surface area (Å²) in [5.74, 6) is 1.35. The number of amides is 2. The first-order valence-electron chi connectivity index (χ1n) is 9.06. The number of carbonyl (C=O) groups is 2. The van der Waals surface area contributed by atoms with Gasteiger partial charge in [-0.15, -0.1) is 0 Å². The van der Waals surface area contributed by atoms with Crippen LogP contribution in [0.2, 0.25) is 0 Å². The summed E-state index contributed by atoms with van der Waals surface area (Å²) in [7, 11) is 0. The summed E-state index contributed by atoms with van der Waals surface area (Å²) < 4.78 is 5.49. The molecule has 1 N–H and O–H groups in total. The van der Waals surface area contributed by atoms with Crippen LogP contribution < -0.4 is 5.32 Å². The average Bonchev–Trinajstić information content (AvgIpc) is 3.14. The molecule has 2 aromatic heterocycles. The van der Waals surface area contributed by atoms with E-state index in [1.165, 1.54) is 0 Å². The van der Waals surface area contributed by atoms with Crippen molar-refractivity contribution in [1.82, 2.24) is 15.2 Å². The third-order valence-corrected chi connectivity index (χ3v) is 5.67. The van der Waals surface area contributed by atoms with Crippen LogP contribution in [0.3, 0.4) is 0 Å². The van der Waals surface area contributed by atoms with Gasteiger partial charge in [0.25, 0.3) is 5.91 Å². The molecule has 1 unspecified atom stereocenters. The molecule has 4 heterocycles. The predicted octanol–water partition coefficient (Wildman–Crippen LogP) is 2.57. The fourth-order valence-electron chi connectivity index (χ4n) is 4.21. The number of hydrogen-bond donors (Lipinski definition) is 1. The van der Waals surface area contributed by atoms with Crippen molar-refractivity contribution >= 4 is 11.8 Å². The minimum absolute atomic E-state index is 0.0160. The van der Waals surface area contributed by atoms with Gasteiger partial charge in [0.1, 0.15) is 11.5 Å². The average molecular weight is 353 g/mol. The van der Waals surface area contributed by atoms with Crippen molar-refractivity contribution in [3.05, 3.63) is 53.2 Å². The Labute approximate surface area is 152 Å². The van der Waals surface area contributed by atoms with E-state index in [4.69, 9.17) is 4.42 Å². The van der Waals surface area contributed by atoms with Crippen LogP contribution >= 0.6 is 0 Å². The van der Waals surface area contributed by atoms with Gasteiger partial charge in [0.2, 0.25) is 5.91 Å². The van der Waals surface area contributed by atoms with Crippen LogP contribution in [-0.4, -0.2) is 40.3 Å². The first-order valence-corrected chi connectivity index (χ1v) is 9.06. The van der Waals surface area contributed by atoms with Crippen molar-refractivity contribution in [1.29, 1.82) is 0 Å². The molecule has 2 fully saturated rings. The summed E-state index contributed by atoms with van der Waals surface area (Å²) in [6.45, 7) is 4.95. The number of piperidine rings is 1. The van der Waals surface area contributed by atoms with Gasteiger partial charge in [0.05, 0.1) is 11.5 Å². The van der Waals surface area contributed by atoms with E-state index in [1.54, 1.807) is 18.5 Å². The van der Waals surface area contributed by atoms with Crippen LogP contribution in [0.5, 0.6) is 0 Å². The van der Waals surface area contributed by atoms with E-state index < -0.39 is 0 Å². The van der Waals surface area contributed by atoms with Crippen molar-refractivity contribution < 1.29 is 14.0 Å². The Kier molecular flexibility index (Phi) is 4.05. The number of furan rings is 1. The molecule has 2 aromatic rings. The van der Waals surface area contributed by atoms with Crippen molar-refractivity contribution in [2.24, 2.45) is 0 Å². The zero-order valence-corrected chi connectivity index (χ0v) is 15.1. The second-order valence-electron chi connectivity index (χ2n) is 7.43. The van der Waals surface area contributed by atoms with E-state index in [1.807, 2.05) is 30.9 Å². The normalized spacial score (nSPS) is 21.8. The number of nitrogens with zero attached hydrogens (tertiary/aromatic N) is 2. The van der Waals surface area contributed by atoms with Gasteiger partial charge in [-0.1, -0.05) is 6.07 Å². The summed E-state index contributed by atoms with van der Waals surface area (Å²) in [6.07, 6.45) is 5.80. The maximum atomic E-state index is 12.8. The van der Waals surface area contributed by atoms with E-state index >= 15 is 0 Å². The molecule has 0 bridgehead atoms. The molecule has 4 rings (SSSR count). The Hall–Kier alpha value is -2.63. The van der Waals surface area contributed by atoms with Crippen LogP contribution in [0.4, 0.5) is 0 Å². The van der Waals surface area contributed by atoms with Gasteiger partial charge in [-0.3, -0.25) is 14.6 Å². The van der Waals surface area contributed by atoms with Gasteiger partial charge in [0, 0.05) is 31.0 Å². The lowest BCUT2D eigenvalue weighted by Gasteiger charge is -2.39. The molecule has 2 amide bonds. The molecule has 6 nitrogen and oxygen atoms in total. The first-order chi connectivity index (χ1) is 12.5. The minimum atomic E-state index is -0.213. The second-order valence-corrected chi connectivity index (χ2v) is 7.43.